The van der Waals surface area contributed by atoms with E-state index in [1.807, 2.05) is 0 Å². The zero-order chi connectivity index (χ0) is 14.3. The lowest BCUT2D eigenvalue weighted by atomic mass is 9.71. The fourth-order valence-electron chi connectivity index (χ4n) is 3.23. The van der Waals surface area contributed by atoms with Crippen LogP contribution in [0.2, 0.25) is 0 Å². The van der Waals surface area contributed by atoms with Gasteiger partial charge in [-0.2, -0.15) is 0 Å². The molecule has 2 aromatic carbocycles. The number of aryl methyl sites for hydroxylation is 1. The first-order valence-corrected chi connectivity index (χ1v) is 7.59. The van der Waals surface area contributed by atoms with Crippen molar-refractivity contribution >= 4 is 18.2 Å². The summed E-state index contributed by atoms with van der Waals surface area (Å²) in [5, 5.41) is 0. The SMILES string of the molecule is C=C1c2c(S)cccc2CC(c2ccc(C)cc2)C1C. The Labute approximate surface area is 127 Å². The van der Waals surface area contributed by atoms with E-state index in [0.29, 0.717) is 11.8 Å². The zero-order valence-electron chi connectivity index (χ0n) is 12.1. The molecule has 2 aromatic rings. The highest BCUT2D eigenvalue weighted by Gasteiger charge is 2.30. The number of thiol groups is 1. The van der Waals surface area contributed by atoms with Crippen LogP contribution in [0.5, 0.6) is 0 Å². The van der Waals surface area contributed by atoms with E-state index in [4.69, 9.17) is 0 Å². The van der Waals surface area contributed by atoms with Gasteiger partial charge in [0.1, 0.15) is 0 Å². The van der Waals surface area contributed by atoms with Crippen LogP contribution in [0.15, 0.2) is 53.9 Å². The second-order valence-electron chi connectivity index (χ2n) is 5.85. The molecule has 20 heavy (non-hydrogen) atoms. The van der Waals surface area contributed by atoms with Crippen LogP contribution in [0.25, 0.3) is 5.57 Å². The molecule has 3 rings (SSSR count). The summed E-state index contributed by atoms with van der Waals surface area (Å²) in [6.07, 6.45) is 1.08. The normalized spacial score (nSPS) is 21.6. The molecule has 102 valence electrons. The molecule has 0 saturated carbocycles. The van der Waals surface area contributed by atoms with E-state index in [-0.39, 0.29) is 0 Å². The first-order valence-electron chi connectivity index (χ1n) is 7.14. The van der Waals surface area contributed by atoms with Gasteiger partial charge in [-0.05, 0) is 53.5 Å². The van der Waals surface area contributed by atoms with E-state index in [2.05, 4.69) is 75.5 Å². The van der Waals surface area contributed by atoms with Crippen molar-refractivity contribution in [2.45, 2.75) is 31.1 Å². The van der Waals surface area contributed by atoms with Gasteiger partial charge < -0.3 is 0 Å². The molecule has 0 radical (unpaired) electrons. The van der Waals surface area contributed by atoms with Gasteiger partial charge in [0.05, 0.1) is 0 Å². The Hall–Kier alpha value is -1.47. The van der Waals surface area contributed by atoms with Gasteiger partial charge in [-0.15, -0.1) is 12.6 Å². The number of allylic oxidation sites excluding steroid dienone is 1. The molecule has 0 heterocycles. The second kappa shape index (κ2) is 5.14. The highest BCUT2D eigenvalue weighted by Crippen LogP contribution is 2.44. The summed E-state index contributed by atoms with van der Waals surface area (Å²) >= 11 is 4.61. The highest BCUT2D eigenvalue weighted by atomic mass is 32.1. The summed E-state index contributed by atoms with van der Waals surface area (Å²) < 4.78 is 0. The molecule has 0 nitrogen and oxygen atoms in total. The Morgan fingerprint density at radius 1 is 1.10 bits per heavy atom. The first-order chi connectivity index (χ1) is 9.58. The van der Waals surface area contributed by atoms with Crippen molar-refractivity contribution in [2.24, 2.45) is 5.92 Å². The maximum absolute atomic E-state index is 4.61. The average Bonchev–Trinajstić information content (AvgIpc) is 2.44. The van der Waals surface area contributed by atoms with Crippen LogP contribution < -0.4 is 0 Å². The van der Waals surface area contributed by atoms with Crippen molar-refractivity contribution in [1.29, 1.82) is 0 Å². The number of hydrogen-bond acceptors (Lipinski definition) is 1. The molecule has 0 N–H and O–H groups in total. The summed E-state index contributed by atoms with van der Waals surface area (Å²) in [7, 11) is 0. The highest BCUT2D eigenvalue weighted by molar-refractivity contribution is 7.80. The van der Waals surface area contributed by atoms with Gasteiger partial charge in [0.2, 0.25) is 0 Å². The standard InChI is InChI=1S/C19H20S/c1-12-7-9-15(10-8-12)17-11-16-5-4-6-18(20)19(16)14(3)13(17)2/h4-10,13,17,20H,3,11H2,1-2H3. The zero-order valence-corrected chi connectivity index (χ0v) is 13.0. The van der Waals surface area contributed by atoms with Gasteiger partial charge in [0, 0.05) is 4.90 Å². The quantitative estimate of drug-likeness (QED) is 0.676. The van der Waals surface area contributed by atoms with Gasteiger partial charge in [0.15, 0.2) is 0 Å². The Morgan fingerprint density at radius 3 is 2.50 bits per heavy atom. The lowest BCUT2D eigenvalue weighted by Gasteiger charge is -2.34. The minimum Gasteiger partial charge on any atom is -0.143 e. The molecular formula is C19H20S. The summed E-state index contributed by atoms with van der Waals surface area (Å²) in [6, 6.07) is 15.3. The first kappa shape index (κ1) is 13.5. The van der Waals surface area contributed by atoms with Crippen LogP contribution in [0.3, 0.4) is 0 Å². The number of hydrogen-bond donors (Lipinski definition) is 1. The van der Waals surface area contributed by atoms with Gasteiger partial charge >= 0.3 is 0 Å². The predicted octanol–water partition coefficient (Wildman–Crippen LogP) is 5.27. The van der Waals surface area contributed by atoms with E-state index in [1.165, 1.54) is 27.8 Å². The number of rotatable bonds is 1. The van der Waals surface area contributed by atoms with E-state index in [1.54, 1.807) is 0 Å². The van der Waals surface area contributed by atoms with Gasteiger partial charge in [-0.3, -0.25) is 0 Å². The lowest BCUT2D eigenvalue weighted by molar-refractivity contribution is 0.538. The third-order valence-electron chi connectivity index (χ3n) is 4.55. The Bertz CT molecular complexity index is 652. The largest absolute Gasteiger partial charge is 0.143 e. The van der Waals surface area contributed by atoms with E-state index < -0.39 is 0 Å². The summed E-state index contributed by atoms with van der Waals surface area (Å²) in [6.45, 7) is 8.76. The molecule has 1 heteroatoms. The van der Waals surface area contributed by atoms with Gasteiger partial charge in [-0.1, -0.05) is 55.5 Å². The summed E-state index contributed by atoms with van der Waals surface area (Å²) in [5.74, 6) is 0.976. The molecule has 1 aliphatic rings. The maximum atomic E-state index is 4.61. The number of benzene rings is 2. The Kier molecular flexibility index (Phi) is 3.47. The maximum Gasteiger partial charge on any atom is 0.0118 e. The van der Waals surface area contributed by atoms with Crippen LogP contribution in [0.1, 0.15) is 35.1 Å². The van der Waals surface area contributed by atoms with Crippen LogP contribution in [-0.2, 0) is 6.42 Å². The van der Waals surface area contributed by atoms with Crippen molar-refractivity contribution in [2.75, 3.05) is 0 Å². The summed E-state index contributed by atoms with van der Waals surface area (Å²) in [5.41, 5.74) is 6.61. The fraction of sp³-hybridized carbons (Fsp3) is 0.263. The fourth-order valence-corrected chi connectivity index (χ4v) is 3.61. The minimum absolute atomic E-state index is 0.457. The molecular weight excluding hydrogens is 260 g/mol. The molecule has 1 aliphatic carbocycles. The third kappa shape index (κ3) is 2.20. The predicted molar refractivity (Wildman–Crippen MR) is 89.5 cm³/mol. The van der Waals surface area contributed by atoms with E-state index in [9.17, 15) is 0 Å². The Morgan fingerprint density at radius 2 is 1.80 bits per heavy atom. The van der Waals surface area contributed by atoms with Crippen LogP contribution in [0, 0.1) is 12.8 Å². The Balaban J connectivity index is 2.04. The van der Waals surface area contributed by atoms with Crippen LogP contribution >= 0.6 is 12.6 Å². The molecule has 2 atom stereocenters. The number of fused-ring (bicyclic) bond motifs is 1. The molecule has 0 amide bonds. The van der Waals surface area contributed by atoms with Gasteiger partial charge in [0.25, 0.3) is 0 Å². The molecule has 0 aliphatic heterocycles. The van der Waals surface area contributed by atoms with Crippen molar-refractivity contribution in [1.82, 2.24) is 0 Å². The molecule has 0 fully saturated rings. The average molecular weight is 280 g/mol. The van der Waals surface area contributed by atoms with Crippen molar-refractivity contribution in [3.8, 4) is 0 Å². The topological polar surface area (TPSA) is 0 Å². The van der Waals surface area contributed by atoms with E-state index >= 15 is 0 Å². The summed E-state index contributed by atoms with van der Waals surface area (Å²) in [4.78, 5) is 1.06. The van der Waals surface area contributed by atoms with Crippen molar-refractivity contribution in [3.05, 3.63) is 71.3 Å². The minimum atomic E-state index is 0.457. The van der Waals surface area contributed by atoms with Crippen LogP contribution in [-0.4, -0.2) is 0 Å². The van der Waals surface area contributed by atoms with Gasteiger partial charge in [-0.25, -0.2) is 0 Å². The molecule has 0 spiro atoms. The molecule has 0 saturated heterocycles. The molecule has 2 unspecified atom stereocenters. The van der Waals surface area contributed by atoms with E-state index in [0.717, 1.165) is 11.3 Å². The van der Waals surface area contributed by atoms with Crippen molar-refractivity contribution < 1.29 is 0 Å². The smallest absolute Gasteiger partial charge is 0.0118 e. The monoisotopic (exact) mass is 280 g/mol. The van der Waals surface area contributed by atoms with Crippen molar-refractivity contribution in [3.63, 3.8) is 0 Å². The van der Waals surface area contributed by atoms with Crippen LogP contribution in [0.4, 0.5) is 0 Å². The molecule has 0 aromatic heterocycles. The lowest BCUT2D eigenvalue weighted by Crippen LogP contribution is -2.20. The molecule has 0 bridgehead atoms. The third-order valence-corrected chi connectivity index (χ3v) is 4.92. The second-order valence-corrected chi connectivity index (χ2v) is 6.33.